The van der Waals surface area contributed by atoms with Crippen LogP contribution in [-0.2, 0) is 10.1 Å². The summed E-state index contributed by atoms with van der Waals surface area (Å²) in [5.41, 5.74) is -1.44. The fourth-order valence-corrected chi connectivity index (χ4v) is 10.9. The summed E-state index contributed by atoms with van der Waals surface area (Å²) >= 11 is 1.63. The molecule has 6 nitrogen and oxygen atoms in total. The molecule has 0 atom stereocenters. The quantitative estimate of drug-likeness (QED) is 0.0772. The van der Waals surface area contributed by atoms with E-state index in [9.17, 15) is 21.6 Å². The average molecular weight is 1140 g/mol. The van der Waals surface area contributed by atoms with Gasteiger partial charge in [0.2, 0.25) is 0 Å². The summed E-state index contributed by atoms with van der Waals surface area (Å²) < 4.78 is 83.0. The molecule has 2 heterocycles. The van der Waals surface area contributed by atoms with Gasteiger partial charge in [0, 0.05) is 59.8 Å². The predicted molar refractivity (Wildman–Crippen MR) is 345 cm³/mol. The van der Waals surface area contributed by atoms with Crippen molar-refractivity contribution in [1.29, 1.82) is 0 Å². The molecule has 0 aliphatic rings. The minimum atomic E-state index is -6.16. The first-order valence-corrected chi connectivity index (χ1v) is 29.6. The SMILES string of the molecule is C/C=C\C=C/CC.CC.O=S(=O)(Oc1cc(N(c2ccc3ccccc3c2)c2ccc3oc4ccccc4c3c2)ccc1N(c1ccc2ccccc2c1)c1ccc2sc3ccccc3c2c1)C(F)(F)F.c1ccccc1.c1ccccc1. The third kappa shape index (κ3) is 13.8. The van der Waals surface area contributed by atoms with E-state index in [1.54, 1.807) is 28.4 Å². The lowest BCUT2D eigenvalue weighted by atomic mass is 10.1. The van der Waals surface area contributed by atoms with E-state index in [4.69, 9.17) is 8.60 Å². The summed E-state index contributed by atoms with van der Waals surface area (Å²) in [6.45, 7) is 8.14. The first-order chi connectivity index (χ1) is 40.5. The summed E-state index contributed by atoms with van der Waals surface area (Å²) in [4.78, 5) is 3.61. The Morgan fingerprint density at radius 1 is 0.458 bits per heavy atom. The minimum absolute atomic E-state index is 0.0745. The molecule has 13 aromatic rings. The molecule has 416 valence electrons. The van der Waals surface area contributed by atoms with E-state index in [1.165, 1.54) is 6.07 Å². The van der Waals surface area contributed by atoms with Crippen molar-refractivity contribution in [3.8, 4) is 5.75 Å². The van der Waals surface area contributed by atoms with Crippen LogP contribution in [0.15, 0.2) is 290 Å². The number of hydrogen-bond donors (Lipinski definition) is 0. The zero-order chi connectivity index (χ0) is 58.2. The zero-order valence-electron chi connectivity index (χ0n) is 46.3. The number of hydrogen-bond acceptors (Lipinski definition) is 7. The topological polar surface area (TPSA) is 63.0 Å². The molecule has 0 aliphatic heterocycles. The van der Waals surface area contributed by atoms with E-state index in [-0.39, 0.29) is 5.69 Å². The molecule has 0 saturated carbocycles. The van der Waals surface area contributed by atoms with Crippen LogP contribution < -0.4 is 14.0 Å². The Kier molecular flexibility index (Phi) is 19.2. The van der Waals surface area contributed by atoms with Crippen LogP contribution in [0.4, 0.5) is 47.3 Å². The summed E-state index contributed by atoms with van der Waals surface area (Å²) in [7, 11) is -6.16. The van der Waals surface area contributed by atoms with Gasteiger partial charge in [0.15, 0.2) is 5.75 Å². The Morgan fingerprint density at radius 3 is 1.49 bits per heavy atom. The van der Waals surface area contributed by atoms with Gasteiger partial charge in [-0.1, -0.05) is 215 Å². The minimum Gasteiger partial charge on any atom is -0.456 e. The Bertz CT molecular complexity index is 4340. The number of nitrogens with zero attached hydrogens (tertiary/aromatic N) is 2. The Hall–Kier alpha value is -9.42. The lowest BCUT2D eigenvalue weighted by Crippen LogP contribution is -2.28. The maximum Gasteiger partial charge on any atom is 0.534 e. The van der Waals surface area contributed by atoms with Crippen LogP contribution in [0.25, 0.3) is 63.7 Å². The van der Waals surface area contributed by atoms with Gasteiger partial charge in [-0.15, -0.1) is 11.3 Å². The number of anilines is 6. The van der Waals surface area contributed by atoms with Gasteiger partial charge in [-0.25, -0.2) is 0 Å². The van der Waals surface area contributed by atoms with Crippen LogP contribution in [0, 0.1) is 0 Å². The van der Waals surface area contributed by atoms with E-state index in [1.807, 2.05) is 280 Å². The smallest absolute Gasteiger partial charge is 0.456 e. The monoisotopic (exact) mass is 1140 g/mol. The molecule has 0 radical (unpaired) electrons. The molecular weight excluding hydrogens is 1080 g/mol. The summed E-state index contributed by atoms with van der Waals surface area (Å²) in [6, 6.07) is 83.1. The summed E-state index contributed by atoms with van der Waals surface area (Å²) in [5.74, 6) is -0.524. The second-order valence-corrected chi connectivity index (χ2v) is 21.2. The van der Waals surface area contributed by atoms with E-state index < -0.39 is 21.4 Å². The molecule has 13 rings (SSSR count). The van der Waals surface area contributed by atoms with Crippen LogP contribution in [0.1, 0.15) is 34.1 Å². The standard InChI is InChI=1S/C51H31F3N2O4S2.C7H12.2C6H6.C2H6/c52-51(53,54)62(57,58)60-48-31-40(55(36-19-17-32-9-1-3-11-34(32)27-36)38-22-25-47-43(29-38)41-13-5-7-15-46(41)59-47)21-24-45(48)56(37-20-18-33-10-2-4-12-35(33)28-37)39-23-26-50-44(30-39)42-14-6-8-16-49(42)61-50;1-3-5-7-6-4-2;2*1-2-4-6-5-3-1;1-2/h1-31H;3,5-7H,4H2,1-2H3;2*1-6H;1-2H3/b;5-3-,7-6-;;;. The van der Waals surface area contributed by atoms with Crippen molar-refractivity contribution >= 4 is 119 Å². The molecule has 0 bridgehead atoms. The fraction of sp³-hybridized carbons (Fsp3) is 0.0833. The molecule has 83 heavy (non-hydrogen) atoms. The van der Waals surface area contributed by atoms with Crippen molar-refractivity contribution in [3.63, 3.8) is 0 Å². The van der Waals surface area contributed by atoms with Gasteiger partial charge in [-0.2, -0.15) is 21.6 Å². The van der Waals surface area contributed by atoms with Crippen molar-refractivity contribution in [2.45, 2.75) is 39.6 Å². The van der Waals surface area contributed by atoms with Crippen LogP contribution in [0.2, 0.25) is 0 Å². The summed E-state index contributed by atoms with van der Waals surface area (Å²) in [5, 5.41) is 7.43. The largest absolute Gasteiger partial charge is 0.534 e. The molecule has 0 N–H and O–H groups in total. The number of thiophene rings is 1. The van der Waals surface area contributed by atoms with Crippen molar-refractivity contribution in [2.24, 2.45) is 0 Å². The third-order valence-corrected chi connectivity index (χ3v) is 15.3. The highest BCUT2D eigenvalue weighted by Gasteiger charge is 2.49. The zero-order valence-corrected chi connectivity index (χ0v) is 48.0. The molecule has 0 fully saturated rings. The van der Waals surface area contributed by atoms with Crippen molar-refractivity contribution in [2.75, 3.05) is 9.80 Å². The molecule has 11 aromatic carbocycles. The number of allylic oxidation sites excluding steroid dienone is 4. The van der Waals surface area contributed by atoms with E-state index in [0.29, 0.717) is 39.6 Å². The first kappa shape index (κ1) is 58.2. The van der Waals surface area contributed by atoms with Gasteiger partial charge < -0.3 is 18.4 Å². The number of benzene rings is 11. The average Bonchev–Trinajstić information content (AvgIpc) is 3.74. The highest BCUT2D eigenvalue weighted by Crippen LogP contribution is 2.48. The van der Waals surface area contributed by atoms with Crippen molar-refractivity contribution < 1.29 is 30.2 Å². The van der Waals surface area contributed by atoms with Crippen LogP contribution >= 0.6 is 11.3 Å². The molecule has 11 heteroatoms. The Morgan fingerprint density at radius 2 is 0.904 bits per heavy atom. The number of fused-ring (bicyclic) bond motifs is 8. The third-order valence-electron chi connectivity index (χ3n) is 13.2. The highest BCUT2D eigenvalue weighted by atomic mass is 32.2. The van der Waals surface area contributed by atoms with Gasteiger partial charge in [0.25, 0.3) is 0 Å². The normalized spacial score (nSPS) is 11.4. The number of alkyl halides is 3. The van der Waals surface area contributed by atoms with Crippen molar-refractivity contribution in [1.82, 2.24) is 0 Å². The maximum atomic E-state index is 14.4. The molecule has 2 aromatic heterocycles. The van der Waals surface area contributed by atoms with Crippen molar-refractivity contribution in [3.05, 3.63) is 285 Å². The Labute approximate surface area is 487 Å². The van der Waals surface area contributed by atoms with Crippen LogP contribution in [-0.4, -0.2) is 13.9 Å². The molecule has 0 spiro atoms. The lowest BCUT2D eigenvalue weighted by molar-refractivity contribution is -0.0499. The Balaban J connectivity index is 0.000000334. The van der Waals surface area contributed by atoms with E-state index in [2.05, 4.69) is 19.1 Å². The molecule has 0 unspecified atom stereocenters. The molecule has 0 saturated heterocycles. The fourth-order valence-electron chi connectivity index (χ4n) is 9.37. The lowest BCUT2D eigenvalue weighted by Gasteiger charge is -2.30. The second kappa shape index (κ2) is 27.4. The molecular formula is C72H61F3N2O4S2. The van der Waals surface area contributed by atoms with Gasteiger partial charge >= 0.3 is 15.6 Å². The maximum absolute atomic E-state index is 14.4. The highest BCUT2D eigenvalue weighted by molar-refractivity contribution is 7.88. The predicted octanol–water partition coefficient (Wildman–Crippen LogP) is 22.4. The van der Waals surface area contributed by atoms with Gasteiger partial charge in [-0.3, -0.25) is 0 Å². The van der Waals surface area contributed by atoms with Gasteiger partial charge in [0.05, 0.1) is 11.4 Å². The number of halogens is 3. The number of furan rings is 1. The van der Waals surface area contributed by atoms with E-state index >= 15 is 0 Å². The first-order valence-electron chi connectivity index (χ1n) is 27.3. The van der Waals surface area contributed by atoms with Gasteiger partial charge in [-0.05, 0) is 120 Å². The molecule has 0 amide bonds. The summed E-state index contributed by atoms with van der Waals surface area (Å²) in [6.07, 6.45) is 9.36. The number of rotatable bonds is 10. The van der Waals surface area contributed by atoms with Crippen LogP contribution in [0.5, 0.6) is 5.75 Å². The van der Waals surface area contributed by atoms with Crippen LogP contribution in [0.3, 0.4) is 0 Å². The second-order valence-electron chi connectivity index (χ2n) is 18.6. The van der Waals surface area contributed by atoms with Gasteiger partial charge in [0.1, 0.15) is 11.2 Å². The number of para-hydroxylation sites is 1. The molecule has 0 aliphatic carbocycles. The van der Waals surface area contributed by atoms with E-state index in [0.717, 1.165) is 58.9 Å².